The molecule has 0 aliphatic carbocycles. The number of nitrogens with zero attached hydrogens (tertiary/aromatic N) is 2. The van der Waals surface area contributed by atoms with Gasteiger partial charge in [0.05, 0.1) is 7.11 Å². The van der Waals surface area contributed by atoms with Gasteiger partial charge in [0, 0.05) is 18.9 Å². The Balaban J connectivity index is 2.79. The second-order valence-electron chi connectivity index (χ2n) is 2.98. The van der Waals surface area contributed by atoms with Crippen LogP contribution < -0.4 is 5.69 Å². The molecule has 0 saturated heterocycles. The van der Waals surface area contributed by atoms with Crippen LogP contribution in [0.1, 0.15) is 13.3 Å². The molecule has 0 spiro atoms. The first kappa shape index (κ1) is 10.6. The van der Waals surface area contributed by atoms with Crippen LogP contribution in [0.3, 0.4) is 0 Å². The van der Waals surface area contributed by atoms with E-state index in [4.69, 9.17) is 0 Å². The molecule has 0 radical (unpaired) electrons. The fourth-order valence-electron chi connectivity index (χ4n) is 1.19. The van der Waals surface area contributed by atoms with E-state index in [1.807, 2.05) is 6.92 Å². The average Bonchev–Trinajstić information content (AvgIpc) is 2.50. The molecule has 5 nitrogen and oxygen atoms in total. The summed E-state index contributed by atoms with van der Waals surface area (Å²) in [6, 6.07) is 0. The topological polar surface area (TPSA) is 53.2 Å². The quantitative estimate of drug-likeness (QED) is 0.651. The molecule has 1 heterocycles. The molecule has 0 unspecified atom stereocenters. The monoisotopic (exact) mass is 198 g/mol. The molecule has 1 aromatic rings. The maximum atomic E-state index is 11.5. The summed E-state index contributed by atoms with van der Waals surface area (Å²) in [7, 11) is 1.30. The summed E-state index contributed by atoms with van der Waals surface area (Å²) in [4.78, 5) is 22.4. The summed E-state index contributed by atoms with van der Waals surface area (Å²) in [5, 5.41) is 0. The van der Waals surface area contributed by atoms with E-state index in [-0.39, 0.29) is 12.2 Å². The lowest BCUT2D eigenvalue weighted by atomic mass is 10.5. The molecule has 78 valence electrons. The van der Waals surface area contributed by atoms with Gasteiger partial charge < -0.3 is 4.74 Å². The number of aryl methyl sites for hydroxylation is 1. The van der Waals surface area contributed by atoms with E-state index in [2.05, 4.69) is 4.74 Å². The first-order valence-electron chi connectivity index (χ1n) is 4.51. The number of imidazole rings is 1. The van der Waals surface area contributed by atoms with Crippen molar-refractivity contribution in [1.29, 1.82) is 0 Å². The number of esters is 1. The Morgan fingerprint density at radius 2 is 2.07 bits per heavy atom. The van der Waals surface area contributed by atoms with Gasteiger partial charge in [-0.1, -0.05) is 6.92 Å². The molecule has 0 aliphatic rings. The standard InChI is InChI=1S/C9H14N2O3/c1-3-4-10-5-6-11(9(10)13)7-8(12)14-2/h5-6H,3-4,7H2,1-2H3. The molecule has 0 fully saturated rings. The lowest BCUT2D eigenvalue weighted by Gasteiger charge is -1.99. The van der Waals surface area contributed by atoms with Crippen LogP contribution in [-0.2, 0) is 22.6 Å². The van der Waals surface area contributed by atoms with Crippen molar-refractivity contribution >= 4 is 5.97 Å². The van der Waals surface area contributed by atoms with Crippen LogP contribution in [-0.4, -0.2) is 22.2 Å². The highest BCUT2D eigenvalue weighted by molar-refractivity contribution is 5.68. The third kappa shape index (κ3) is 2.25. The minimum absolute atomic E-state index is 0.0218. The highest BCUT2D eigenvalue weighted by Crippen LogP contribution is 1.89. The molecule has 5 heteroatoms. The second-order valence-corrected chi connectivity index (χ2v) is 2.98. The molecule has 0 aromatic carbocycles. The molecular weight excluding hydrogens is 184 g/mol. The molecule has 0 saturated carbocycles. The van der Waals surface area contributed by atoms with Crippen molar-refractivity contribution in [2.75, 3.05) is 7.11 Å². The molecule has 0 bridgehead atoms. The van der Waals surface area contributed by atoms with Crippen LogP contribution in [0.4, 0.5) is 0 Å². The second kappa shape index (κ2) is 4.64. The Kier molecular flexibility index (Phi) is 3.50. The Morgan fingerprint density at radius 1 is 1.43 bits per heavy atom. The third-order valence-electron chi connectivity index (χ3n) is 1.91. The highest BCUT2D eigenvalue weighted by atomic mass is 16.5. The zero-order valence-electron chi connectivity index (χ0n) is 8.40. The molecule has 1 rings (SSSR count). The summed E-state index contributed by atoms with van der Waals surface area (Å²) in [6.45, 7) is 2.64. The van der Waals surface area contributed by atoms with E-state index in [1.165, 1.54) is 11.7 Å². The number of hydrogen-bond donors (Lipinski definition) is 0. The minimum Gasteiger partial charge on any atom is -0.468 e. The number of rotatable bonds is 4. The van der Waals surface area contributed by atoms with Crippen molar-refractivity contribution in [2.24, 2.45) is 0 Å². The number of hydrogen-bond acceptors (Lipinski definition) is 3. The molecule has 0 amide bonds. The Hall–Kier alpha value is -1.52. The first-order valence-corrected chi connectivity index (χ1v) is 4.51. The van der Waals surface area contributed by atoms with Crippen LogP contribution in [0.25, 0.3) is 0 Å². The summed E-state index contributed by atoms with van der Waals surface area (Å²) < 4.78 is 7.38. The smallest absolute Gasteiger partial charge is 0.328 e. The van der Waals surface area contributed by atoms with Gasteiger partial charge >= 0.3 is 11.7 Å². The zero-order valence-corrected chi connectivity index (χ0v) is 8.40. The number of ether oxygens (including phenoxy) is 1. The SMILES string of the molecule is CCCn1ccn(CC(=O)OC)c1=O. The molecule has 0 N–H and O–H groups in total. The summed E-state index contributed by atoms with van der Waals surface area (Å²) in [5.74, 6) is -0.415. The van der Waals surface area contributed by atoms with E-state index in [9.17, 15) is 9.59 Å². The Labute approximate surface area is 81.9 Å². The van der Waals surface area contributed by atoms with Crippen molar-refractivity contribution < 1.29 is 9.53 Å². The summed E-state index contributed by atoms with van der Waals surface area (Å²) in [5.41, 5.74) is -0.169. The molecule has 14 heavy (non-hydrogen) atoms. The zero-order chi connectivity index (χ0) is 10.6. The lowest BCUT2D eigenvalue weighted by molar-refractivity contribution is -0.141. The molecule has 0 aliphatic heterocycles. The van der Waals surface area contributed by atoms with Gasteiger partial charge in [-0.3, -0.25) is 13.9 Å². The molecular formula is C9H14N2O3. The van der Waals surface area contributed by atoms with Crippen LogP contribution in [0.5, 0.6) is 0 Å². The van der Waals surface area contributed by atoms with E-state index in [0.29, 0.717) is 6.54 Å². The van der Waals surface area contributed by atoms with Gasteiger partial charge in [0.2, 0.25) is 0 Å². The maximum Gasteiger partial charge on any atom is 0.328 e. The van der Waals surface area contributed by atoms with Gasteiger partial charge in [-0.25, -0.2) is 4.79 Å². The van der Waals surface area contributed by atoms with Crippen LogP contribution in [0.15, 0.2) is 17.2 Å². The van der Waals surface area contributed by atoms with Gasteiger partial charge in [-0.2, -0.15) is 0 Å². The normalized spacial score (nSPS) is 10.1. The minimum atomic E-state index is -0.415. The fourth-order valence-corrected chi connectivity index (χ4v) is 1.19. The third-order valence-corrected chi connectivity index (χ3v) is 1.91. The average molecular weight is 198 g/mol. The van der Waals surface area contributed by atoms with Crippen molar-refractivity contribution in [2.45, 2.75) is 26.4 Å². The highest BCUT2D eigenvalue weighted by Gasteiger charge is 2.06. The Morgan fingerprint density at radius 3 is 2.64 bits per heavy atom. The van der Waals surface area contributed by atoms with Crippen molar-refractivity contribution in [1.82, 2.24) is 9.13 Å². The van der Waals surface area contributed by atoms with Gasteiger partial charge in [0.15, 0.2) is 0 Å². The maximum absolute atomic E-state index is 11.5. The van der Waals surface area contributed by atoms with E-state index < -0.39 is 5.97 Å². The molecule has 1 aromatic heterocycles. The van der Waals surface area contributed by atoms with Crippen LogP contribution in [0, 0.1) is 0 Å². The number of carbonyl (C=O) groups excluding carboxylic acids is 1. The van der Waals surface area contributed by atoms with Crippen molar-refractivity contribution in [3.05, 3.63) is 22.9 Å². The van der Waals surface area contributed by atoms with E-state index >= 15 is 0 Å². The first-order chi connectivity index (χ1) is 6.69. The van der Waals surface area contributed by atoms with Crippen molar-refractivity contribution in [3.8, 4) is 0 Å². The Bertz CT molecular complexity index is 364. The fraction of sp³-hybridized carbons (Fsp3) is 0.556. The number of methoxy groups -OCH3 is 1. The van der Waals surface area contributed by atoms with Gasteiger partial charge in [-0.15, -0.1) is 0 Å². The summed E-state index contributed by atoms with van der Waals surface area (Å²) in [6.07, 6.45) is 4.16. The van der Waals surface area contributed by atoms with Gasteiger partial charge in [-0.05, 0) is 6.42 Å². The van der Waals surface area contributed by atoms with Crippen LogP contribution >= 0.6 is 0 Å². The number of aromatic nitrogens is 2. The van der Waals surface area contributed by atoms with Crippen molar-refractivity contribution in [3.63, 3.8) is 0 Å². The predicted molar refractivity (Wildman–Crippen MR) is 51.0 cm³/mol. The predicted octanol–water partition coefficient (Wildman–Crippen LogP) is 0.233. The summed E-state index contributed by atoms with van der Waals surface area (Å²) >= 11 is 0. The van der Waals surface area contributed by atoms with Gasteiger partial charge in [0.25, 0.3) is 0 Å². The largest absolute Gasteiger partial charge is 0.468 e. The molecule has 0 atom stereocenters. The van der Waals surface area contributed by atoms with E-state index in [1.54, 1.807) is 17.0 Å². The van der Waals surface area contributed by atoms with Gasteiger partial charge in [0.1, 0.15) is 6.54 Å². The lowest BCUT2D eigenvalue weighted by Crippen LogP contribution is -2.27. The van der Waals surface area contributed by atoms with Crippen LogP contribution in [0.2, 0.25) is 0 Å². The van der Waals surface area contributed by atoms with E-state index in [0.717, 1.165) is 6.42 Å². The number of carbonyl (C=O) groups is 1.